The molecule has 1 fully saturated rings. The third-order valence-corrected chi connectivity index (χ3v) is 3.62. The average Bonchev–Trinajstić information content (AvgIpc) is 2.54. The fraction of sp³-hybridized carbons (Fsp3) is 1.00. The first-order chi connectivity index (χ1) is 6.61. The second-order valence-corrected chi connectivity index (χ2v) is 4.98. The second kappa shape index (κ2) is 5.13. The maximum absolute atomic E-state index is 3.63. The molecule has 0 aliphatic carbocycles. The smallest absolute Gasteiger partial charge is 0.0280 e. The van der Waals surface area contributed by atoms with Crippen LogP contribution in [0.1, 0.15) is 46.5 Å². The number of nitrogens with one attached hydrogen (secondary N) is 1. The Morgan fingerprint density at radius 2 is 2.00 bits per heavy atom. The molecule has 0 radical (unpaired) electrons. The van der Waals surface area contributed by atoms with Crippen LogP contribution in [0.3, 0.4) is 0 Å². The Balaban J connectivity index is 2.41. The lowest BCUT2D eigenvalue weighted by atomic mass is 9.98. The van der Waals surface area contributed by atoms with Gasteiger partial charge in [0.1, 0.15) is 0 Å². The first-order valence-corrected chi connectivity index (χ1v) is 6.06. The Morgan fingerprint density at radius 1 is 1.36 bits per heavy atom. The summed E-state index contributed by atoms with van der Waals surface area (Å²) in [4.78, 5) is 2.53. The van der Waals surface area contributed by atoms with Crippen molar-refractivity contribution >= 4 is 0 Å². The maximum atomic E-state index is 3.63. The highest BCUT2D eigenvalue weighted by Gasteiger charge is 2.30. The topological polar surface area (TPSA) is 15.3 Å². The predicted molar refractivity (Wildman–Crippen MR) is 62.6 cm³/mol. The summed E-state index contributed by atoms with van der Waals surface area (Å²) in [5.41, 5.74) is 0.372. The minimum atomic E-state index is 0.372. The van der Waals surface area contributed by atoms with Crippen molar-refractivity contribution < 1.29 is 0 Å². The van der Waals surface area contributed by atoms with Gasteiger partial charge in [-0.05, 0) is 46.2 Å². The van der Waals surface area contributed by atoms with E-state index in [0.717, 1.165) is 6.04 Å². The Bertz CT molecular complexity index is 158. The van der Waals surface area contributed by atoms with E-state index < -0.39 is 0 Å². The van der Waals surface area contributed by atoms with E-state index in [-0.39, 0.29) is 0 Å². The summed E-state index contributed by atoms with van der Waals surface area (Å²) in [5, 5.41) is 3.63. The van der Waals surface area contributed by atoms with Gasteiger partial charge in [-0.25, -0.2) is 0 Å². The van der Waals surface area contributed by atoms with E-state index >= 15 is 0 Å². The average molecular weight is 198 g/mol. The molecule has 0 bridgehead atoms. The van der Waals surface area contributed by atoms with Crippen LogP contribution in [-0.2, 0) is 0 Å². The molecule has 0 aromatic heterocycles. The van der Waals surface area contributed by atoms with Crippen molar-refractivity contribution in [2.24, 2.45) is 0 Å². The van der Waals surface area contributed by atoms with Gasteiger partial charge in [0.25, 0.3) is 0 Å². The van der Waals surface area contributed by atoms with E-state index in [2.05, 4.69) is 38.0 Å². The van der Waals surface area contributed by atoms with E-state index in [4.69, 9.17) is 0 Å². The molecule has 1 aliphatic heterocycles. The molecule has 84 valence electrons. The Hall–Kier alpha value is -0.0800. The molecule has 14 heavy (non-hydrogen) atoms. The number of rotatable bonds is 5. The zero-order chi connectivity index (χ0) is 10.6. The van der Waals surface area contributed by atoms with Crippen LogP contribution in [0.25, 0.3) is 0 Å². The van der Waals surface area contributed by atoms with Crippen LogP contribution < -0.4 is 5.32 Å². The fourth-order valence-electron chi connectivity index (χ4n) is 2.68. The van der Waals surface area contributed by atoms with Gasteiger partial charge in [-0.1, -0.05) is 13.8 Å². The van der Waals surface area contributed by atoms with Gasteiger partial charge in [-0.2, -0.15) is 0 Å². The Labute approximate surface area is 89.1 Å². The quantitative estimate of drug-likeness (QED) is 0.729. The third kappa shape index (κ3) is 2.96. The molecular weight excluding hydrogens is 172 g/mol. The summed E-state index contributed by atoms with van der Waals surface area (Å²) in [6.45, 7) is 9.33. The maximum Gasteiger partial charge on any atom is 0.0280 e. The van der Waals surface area contributed by atoms with Gasteiger partial charge in [0.05, 0.1) is 0 Å². The van der Waals surface area contributed by atoms with Crippen LogP contribution in [-0.4, -0.2) is 36.6 Å². The van der Waals surface area contributed by atoms with Crippen molar-refractivity contribution in [3.8, 4) is 0 Å². The molecular formula is C12H26N2. The molecule has 1 atom stereocenters. The summed E-state index contributed by atoms with van der Waals surface area (Å²) in [6, 6.07) is 0.759. The van der Waals surface area contributed by atoms with Crippen molar-refractivity contribution in [3.63, 3.8) is 0 Å². The molecule has 0 aromatic rings. The van der Waals surface area contributed by atoms with Crippen LogP contribution in [0, 0.1) is 0 Å². The zero-order valence-electron chi connectivity index (χ0n) is 10.3. The van der Waals surface area contributed by atoms with Crippen molar-refractivity contribution in [1.82, 2.24) is 10.2 Å². The summed E-state index contributed by atoms with van der Waals surface area (Å²) < 4.78 is 0. The van der Waals surface area contributed by atoms with E-state index in [1.54, 1.807) is 0 Å². The van der Waals surface area contributed by atoms with Gasteiger partial charge in [0, 0.05) is 18.1 Å². The van der Waals surface area contributed by atoms with Gasteiger partial charge in [-0.3, -0.25) is 0 Å². The minimum Gasteiger partial charge on any atom is -0.310 e. The SMILES string of the molecule is CCC(CC)N(C)CC1(C)CCCN1. The standard InChI is InChI=1S/C12H26N2/c1-5-11(6-2)14(4)10-12(3)8-7-9-13-12/h11,13H,5-10H2,1-4H3. The van der Waals surface area contributed by atoms with Gasteiger partial charge in [0.2, 0.25) is 0 Å². The van der Waals surface area contributed by atoms with Crippen LogP contribution in [0.15, 0.2) is 0 Å². The molecule has 1 saturated heterocycles. The van der Waals surface area contributed by atoms with Crippen molar-refractivity contribution in [1.29, 1.82) is 0 Å². The summed E-state index contributed by atoms with van der Waals surface area (Å²) in [5.74, 6) is 0. The van der Waals surface area contributed by atoms with Crippen molar-refractivity contribution in [2.45, 2.75) is 58.0 Å². The summed E-state index contributed by atoms with van der Waals surface area (Å²) in [6.07, 6.45) is 5.21. The summed E-state index contributed by atoms with van der Waals surface area (Å²) in [7, 11) is 2.27. The highest BCUT2D eigenvalue weighted by Crippen LogP contribution is 2.21. The normalized spacial score (nSPS) is 27.9. The van der Waals surface area contributed by atoms with Crippen LogP contribution in [0.4, 0.5) is 0 Å². The third-order valence-electron chi connectivity index (χ3n) is 3.62. The predicted octanol–water partition coefficient (Wildman–Crippen LogP) is 2.25. The monoisotopic (exact) mass is 198 g/mol. The largest absolute Gasteiger partial charge is 0.310 e. The molecule has 1 unspecified atom stereocenters. The highest BCUT2D eigenvalue weighted by atomic mass is 15.2. The van der Waals surface area contributed by atoms with Gasteiger partial charge >= 0.3 is 0 Å². The minimum absolute atomic E-state index is 0.372. The second-order valence-electron chi connectivity index (χ2n) is 4.98. The first kappa shape index (κ1) is 12.0. The van der Waals surface area contributed by atoms with E-state index in [0.29, 0.717) is 5.54 Å². The number of nitrogens with zero attached hydrogens (tertiary/aromatic N) is 1. The van der Waals surface area contributed by atoms with Crippen LogP contribution in [0.2, 0.25) is 0 Å². The Kier molecular flexibility index (Phi) is 4.39. The van der Waals surface area contributed by atoms with Crippen molar-refractivity contribution in [2.75, 3.05) is 20.1 Å². The molecule has 2 heteroatoms. The van der Waals surface area contributed by atoms with Gasteiger partial charge in [0.15, 0.2) is 0 Å². The van der Waals surface area contributed by atoms with Gasteiger partial charge in [-0.15, -0.1) is 0 Å². The molecule has 1 rings (SSSR count). The lowest BCUT2D eigenvalue weighted by Gasteiger charge is -2.34. The zero-order valence-corrected chi connectivity index (χ0v) is 10.3. The van der Waals surface area contributed by atoms with Gasteiger partial charge < -0.3 is 10.2 Å². The molecule has 1 aliphatic rings. The van der Waals surface area contributed by atoms with Crippen LogP contribution in [0.5, 0.6) is 0 Å². The molecule has 0 aromatic carbocycles. The van der Waals surface area contributed by atoms with Crippen molar-refractivity contribution in [3.05, 3.63) is 0 Å². The van der Waals surface area contributed by atoms with E-state index in [9.17, 15) is 0 Å². The first-order valence-electron chi connectivity index (χ1n) is 6.06. The molecule has 0 amide bonds. The Morgan fingerprint density at radius 3 is 2.43 bits per heavy atom. The van der Waals surface area contributed by atoms with E-state index in [1.807, 2.05) is 0 Å². The van der Waals surface area contributed by atoms with E-state index in [1.165, 1.54) is 38.8 Å². The number of hydrogen-bond acceptors (Lipinski definition) is 2. The molecule has 1 N–H and O–H groups in total. The lowest BCUT2D eigenvalue weighted by Crippen LogP contribution is -2.49. The lowest BCUT2D eigenvalue weighted by molar-refractivity contribution is 0.175. The molecule has 0 spiro atoms. The number of likely N-dealkylation sites (N-methyl/N-ethyl adjacent to an activating group) is 1. The van der Waals surface area contributed by atoms with Crippen LogP contribution >= 0.6 is 0 Å². The molecule has 1 heterocycles. The highest BCUT2D eigenvalue weighted by molar-refractivity contribution is 4.91. The molecule has 2 nitrogen and oxygen atoms in total. The fourth-order valence-corrected chi connectivity index (χ4v) is 2.68. The summed E-state index contributed by atoms with van der Waals surface area (Å²) >= 11 is 0. The molecule has 0 saturated carbocycles. The number of hydrogen-bond donors (Lipinski definition) is 1.